The molecule has 4 nitrogen and oxygen atoms in total. The van der Waals surface area contributed by atoms with Crippen LogP contribution in [0.5, 0.6) is 0 Å². The van der Waals surface area contributed by atoms with Crippen molar-refractivity contribution in [1.82, 2.24) is 0 Å². The Bertz CT molecular complexity index is 504. The molecule has 0 spiro atoms. The van der Waals surface area contributed by atoms with Crippen LogP contribution in [-0.2, 0) is 25.1 Å². The SMILES string of the molecule is CCCC1(CC(=O)CS(=O)c2ccc(C)cc2)OCCO1. The summed E-state index contributed by atoms with van der Waals surface area (Å²) in [5.41, 5.74) is 1.11. The third-order valence-corrected chi connectivity index (χ3v) is 4.87. The smallest absolute Gasteiger partial charge is 0.175 e. The first kappa shape index (κ1) is 16.3. The molecule has 21 heavy (non-hydrogen) atoms. The van der Waals surface area contributed by atoms with Crippen molar-refractivity contribution in [2.75, 3.05) is 19.0 Å². The van der Waals surface area contributed by atoms with Gasteiger partial charge in [0, 0.05) is 11.3 Å². The van der Waals surface area contributed by atoms with E-state index in [1.165, 1.54) is 0 Å². The summed E-state index contributed by atoms with van der Waals surface area (Å²) in [5, 5.41) is 0. The van der Waals surface area contributed by atoms with E-state index in [-0.39, 0.29) is 18.0 Å². The van der Waals surface area contributed by atoms with Gasteiger partial charge in [0.2, 0.25) is 0 Å². The van der Waals surface area contributed by atoms with Gasteiger partial charge in [0.15, 0.2) is 11.6 Å². The van der Waals surface area contributed by atoms with Crippen molar-refractivity contribution >= 4 is 16.6 Å². The molecule has 1 saturated heterocycles. The molecule has 1 aliphatic heterocycles. The molecule has 1 aromatic carbocycles. The Hall–Kier alpha value is -1.04. The van der Waals surface area contributed by atoms with E-state index in [1.54, 1.807) is 0 Å². The van der Waals surface area contributed by atoms with Gasteiger partial charge < -0.3 is 9.47 Å². The molecule has 0 N–H and O–H groups in total. The Morgan fingerprint density at radius 1 is 1.24 bits per heavy atom. The Kier molecular flexibility index (Phi) is 5.67. The highest BCUT2D eigenvalue weighted by Gasteiger charge is 2.37. The monoisotopic (exact) mass is 310 g/mol. The lowest BCUT2D eigenvalue weighted by Crippen LogP contribution is -2.34. The maximum Gasteiger partial charge on any atom is 0.175 e. The minimum atomic E-state index is -1.30. The lowest BCUT2D eigenvalue weighted by Gasteiger charge is -2.26. The summed E-state index contributed by atoms with van der Waals surface area (Å²) in [5.74, 6) is -0.853. The van der Waals surface area contributed by atoms with Crippen molar-refractivity contribution in [3.05, 3.63) is 29.8 Å². The number of rotatable bonds is 7. The number of carbonyl (C=O) groups excluding carboxylic acids is 1. The normalized spacial score (nSPS) is 18.6. The fourth-order valence-electron chi connectivity index (χ4n) is 2.48. The first-order valence-electron chi connectivity index (χ1n) is 7.29. The molecule has 1 fully saturated rings. The molecule has 1 atom stereocenters. The minimum absolute atomic E-state index is 0.0151. The Morgan fingerprint density at radius 3 is 2.43 bits per heavy atom. The summed E-state index contributed by atoms with van der Waals surface area (Å²) in [6.07, 6.45) is 1.75. The second-order valence-corrected chi connectivity index (χ2v) is 6.83. The van der Waals surface area contributed by atoms with E-state index in [9.17, 15) is 9.00 Å². The molecule has 2 rings (SSSR count). The topological polar surface area (TPSA) is 52.6 Å². The van der Waals surface area contributed by atoms with Crippen LogP contribution >= 0.6 is 0 Å². The van der Waals surface area contributed by atoms with Crippen LogP contribution in [0.25, 0.3) is 0 Å². The van der Waals surface area contributed by atoms with E-state index in [1.807, 2.05) is 38.1 Å². The van der Waals surface area contributed by atoms with Gasteiger partial charge in [0.1, 0.15) is 0 Å². The summed E-state index contributed by atoms with van der Waals surface area (Å²) in [6, 6.07) is 7.42. The quantitative estimate of drug-likeness (QED) is 0.777. The summed E-state index contributed by atoms with van der Waals surface area (Å²) < 4.78 is 23.4. The molecule has 5 heteroatoms. The Morgan fingerprint density at radius 2 is 1.86 bits per heavy atom. The number of hydrogen-bond acceptors (Lipinski definition) is 4. The van der Waals surface area contributed by atoms with E-state index in [2.05, 4.69) is 0 Å². The highest BCUT2D eigenvalue weighted by molar-refractivity contribution is 7.85. The van der Waals surface area contributed by atoms with E-state index in [0.717, 1.165) is 12.0 Å². The maximum atomic E-state index is 12.2. The molecule has 0 radical (unpaired) electrons. The summed E-state index contributed by atoms with van der Waals surface area (Å²) in [7, 11) is -1.30. The van der Waals surface area contributed by atoms with E-state index >= 15 is 0 Å². The van der Waals surface area contributed by atoms with Crippen LogP contribution in [0, 0.1) is 6.92 Å². The molecule has 1 aromatic rings. The van der Waals surface area contributed by atoms with Gasteiger partial charge in [-0.15, -0.1) is 0 Å². The number of Topliss-reactive ketones (excluding diaryl/α,β-unsaturated/α-hetero) is 1. The Balaban J connectivity index is 1.94. The lowest BCUT2D eigenvalue weighted by atomic mass is 10.1. The van der Waals surface area contributed by atoms with Crippen LogP contribution in [0.4, 0.5) is 0 Å². The van der Waals surface area contributed by atoms with Crippen molar-refractivity contribution in [1.29, 1.82) is 0 Å². The van der Waals surface area contributed by atoms with Gasteiger partial charge in [-0.1, -0.05) is 31.0 Å². The molecular weight excluding hydrogens is 288 g/mol. The van der Waals surface area contributed by atoms with Gasteiger partial charge in [0.25, 0.3) is 0 Å². The molecule has 0 aliphatic carbocycles. The number of aryl methyl sites for hydroxylation is 1. The lowest BCUT2D eigenvalue weighted by molar-refractivity contribution is -0.171. The van der Waals surface area contributed by atoms with Crippen molar-refractivity contribution in [3.63, 3.8) is 0 Å². The van der Waals surface area contributed by atoms with Crippen LogP contribution in [0.15, 0.2) is 29.2 Å². The molecule has 0 amide bonds. The molecule has 1 heterocycles. The highest BCUT2D eigenvalue weighted by Crippen LogP contribution is 2.29. The predicted octanol–water partition coefficient (Wildman–Crippen LogP) is 2.61. The highest BCUT2D eigenvalue weighted by atomic mass is 32.2. The molecule has 0 saturated carbocycles. The zero-order valence-corrected chi connectivity index (χ0v) is 13.4. The molecule has 116 valence electrons. The zero-order valence-electron chi connectivity index (χ0n) is 12.6. The van der Waals surface area contributed by atoms with Crippen LogP contribution in [-0.4, -0.2) is 34.7 Å². The van der Waals surface area contributed by atoms with Crippen molar-refractivity contribution in [2.45, 2.75) is 43.8 Å². The van der Waals surface area contributed by atoms with E-state index in [0.29, 0.717) is 24.5 Å². The maximum absolute atomic E-state index is 12.2. The van der Waals surface area contributed by atoms with Gasteiger partial charge in [-0.05, 0) is 19.1 Å². The van der Waals surface area contributed by atoms with Crippen molar-refractivity contribution < 1.29 is 18.5 Å². The minimum Gasteiger partial charge on any atom is -0.347 e. The first-order valence-corrected chi connectivity index (χ1v) is 8.61. The summed E-state index contributed by atoms with van der Waals surface area (Å²) in [4.78, 5) is 12.9. The molecule has 0 bridgehead atoms. The average molecular weight is 310 g/mol. The number of carbonyl (C=O) groups is 1. The summed E-state index contributed by atoms with van der Waals surface area (Å²) >= 11 is 0. The second-order valence-electron chi connectivity index (χ2n) is 5.38. The molecular formula is C16H22O4S. The standard InChI is InChI=1S/C16H22O4S/c1-3-8-16(19-9-10-20-16)11-14(17)12-21(18)15-6-4-13(2)5-7-15/h4-7H,3,8-12H2,1-2H3. The Labute approximate surface area is 128 Å². The largest absolute Gasteiger partial charge is 0.347 e. The fourth-order valence-corrected chi connectivity index (χ4v) is 3.48. The third-order valence-electron chi connectivity index (χ3n) is 3.49. The molecule has 0 aromatic heterocycles. The van der Waals surface area contributed by atoms with E-state index < -0.39 is 16.6 Å². The van der Waals surface area contributed by atoms with Gasteiger partial charge in [-0.25, -0.2) is 0 Å². The van der Waals surface area contributed by atoms with Gasteiger partial charge in [0.05, 0.1) is 36.2 Å². The van der Waals surface area contributed by atoms with Gasteiger partial charge in [-0.3, -0.25) is 9.00 Å². The van der Waals surface area contributed by atoms with Crippen LogP contribution in [0.3, 0.4) is 0 Å². The second kappa shape index (κ2) is 7.29. The number of ether oxygens (including phenoxy) is 2. The average Bonchev–Trinajstić information content (AvgIpc) is 2.87. The molecule has 1 aliphatic rings. The molecule has 1 unspecified atom stereocenters. The predicted molar refractivity (Wildman–Crippen MR) is 81.6 cm³/mol. The van der Waals surface area contributed by atoms with Gasteiger partial charge in [-0.2, -0.15) is 0 Å². The van der Waals surface area contributed by atoms with Crippen LogP contribution < -0.4 is 0 Å². The summed E-state index contributed by atoms with van der Waals surface area (Å²) in [6.45, 7) is 5.05. The number of benzene rings is 1. The number of hydrogen-bond donors (Lipinski definition) is 0. The third kappa shape index (κ3) is 4.46. The van der Waals surface area contributed by atoms with Crippen LogP contribution in [0.1, 0.15) is 31.7 Å². The van der Waals surface area contributed by atoms with Crippen molar-refractivity contribution in [2.24, 2.45) is 0 Å². The fraction of sp³-hybridized carbons (Fsp3) is 0.562. The first-order chi connectivity index (χ1) is 10.0. The van der Waals surface area contributed by atoms with Crippen LogP contribution in [0.2, 0.25) is 0 Å². The van der Waals surface area contributed by atoms with E-state index in [4.69, 9.17) is 9.47 Å². The van der Waals surface area contributed by atoms with Gasteiger partial charge >= 0.3 is 0 Å². The number of ketones is 1. The van der Waals surface area contributed by atoms with Crippen molar-refractivity contribution in [3.8, 4) is 0 Å². The zero-order chi connectivity index (χ0) is 15.3.